The van der Waals surface area contributed by atoms with Gasteiger partial charge in [0, 0.05) is 22.0 Å². The molecule has 0 atom stereocenters. The first-order valence-corrected chi connectivity index (χ1v) is 7.49. The van der Waals surface area contributed by atoms with Gasteiger partial charge in [-0.25, -0.2) is 4.79 Å². The fraction of sp³-hybridized carbons (Fsp3) is 0.118. The third-order valence-electron chi connectivity index (χ3n) is 3.42. The molecule has 0 aliphatic rings. The summed E-state index contributed by atoms with van der Waals surface area (Å²) in [6.07, 6.45) is 0. The highest BCUT2D eigenvalue weighted by Crippen LogP contribution is 2.32. The number of aryl methyl sites for hydroxylation is 1. The van der Waals surface area contributed by atoms with Crippen molar-refractivity contribution in [3.05, 3.63) is 57.8 Å². The molecule has 0 saturated heterocycles. The van der Waals surface area contributed by atoms with Gasteiger partial charge in [-0.3, -0.25) is 0 Å². The van der Waals surface area contributed by atoms with Gasteiger partial charge in [0.2, 0.25) is 5.76 Å². The predicted molar refractivity (Wildman–Crippen MR) is 88.9 cm³/mol. The molecule has 0 spiro atoms. The van der Waals surface area contributed by atoms with Gasteiger partial charge in [0.1, 0.15) is 11.3 Å². The van der Waals surface area contributed by atoms with Crippen molar-refractivity contribution in [2.75, 3.05) is 7.11 Å². The Morgan fingerprint density at radius 1 is 1.13 bits per heavy atom. The smallest absolute Gasteiger partial charge is 0.379 e. The third kappa shape index (κ3) is 3.00. The van der Waals surface area contributed by atoms with Crippen molar-refractivity contribution >= 4 is 40.1 Å². The summed E-state index contributed by atoms with van der Waals surface area (Å²) in [5, 5.41) is 1.50. The quantitative estimate of drug-likeness (QED) is 0.476. The average molecular weight is 351 g/mol. The van der Waals surface area contributed by atoms with Crippen molar-refractivity contribution in [3.8, 4) is 11.5 Å². The number of furan rings is 1. The number of rotatable bonds is 3. The molecular formula is C17H12Cl2O4. The van der Waals surface area contributed by atoms with Gasteiger partial charge in [0.15, 0.2) is 5.75 Å². The van der Waals surface area contributed by atoms with Crippen LogP contribution in [0, 0.1) is 6.92 Å². The molecule has 3 aromatic rings. The maximum Gasteiger partial charge on any atom is 0.379 e. The van der Waals surface area contributed by atoms with Crippen LogP contribution in [-0.2, 0) is 0 Å². The van der Waals surface area contributed by atoms with Crippen molar-refractivity contribution in [1.29, 1.82) is 0 Å². The molecule has 0 saturated carbocycles. The first-order valence-electron chi connectivity index (χ1n) is 6.74. The van der Waals surface area contributed by atoms with Gasteiger partial charge in [0.05, 0.1) is 12.1 Å². The predicted octanol–water partition coefficient (Wildman–Crippen LogP) is 5.28. The van der Waals surface area contributed by atoms with Crippen molar-refractivity contribution in [3.63, 3.8) is 0 Å². The normalized spacial score (nSPS) is 10.8. The van der Waals surface area contributed by atoms with Gasteiger partial charge >= 0.3 is 5.97 Å². The molecular weight excluding hydrogens is 339 g/mol. The molecule has 0 fully saturated rings. The molecule has 3 rings (SSSR count). The number of esters is 1. The molecule has 0 unspecified atom stereocenters. The Balaban J connectivity index is 1.97. The van der Waals surface area contributed by atoms with Crippen LogP contribution in [0.3, 0.4) is 0 Å². The Bertz CT molecular complexity index is 899. The van der Waals surface area contributed by atoms with Gasteiger partial charge in [-0.1, -0.05) is 23.2 Å². The molecule has 6 heteroatoms. The van der Waals surface area contributed by atoms with Crippen LogP contribution < -0.4 is 9.47 Å². The minimum atomic E-state index is -0.637. The first-order chi connectivity index (χ1) is 11.0. The van der Waals surface area contributed by atoms with Crippen LogP contribution in [0.2, 0.25) is 10.0 Å². The Morgan fingerprint density at radius 2 is 1.91 bits per heavy atom. The molecule has 0 amide bonds. The first kappa shape index (κ1) is 15.7. The zero-order chi connectivity index (χ0) is 16.6. The van der Waals surface area contributed by atoms with Gasteiger partial charge in [-0.05, 0) is 37.3 Å². The fourth-order valence-electron chi connectivity index (χ4n) is 2.22. The van der Waals surface area contributed by atoms with E-state index in [1.54, 1.807) is 44.4 Å². The number of ether oxygens (including phenoxy) is 2. The van der Waals surface area contributed by atoms with Crippen molar-refractivity contribution in [1.82, 2.24) is 0 Å². The zero-order valence-electron chi connectivity index (χ0n) is 12.4. The molecule has 23 heavy (non-hydrogen) atoms. The summed E-state index contributed by atoms with van der Waals surface area (Å²) in [7, 11) is 1.58. The Morgan fingerprint density at radius 3 is 2.65 bits per heavy atom. The topological polar surface area (TPSA) is 48.7 Å². The summed E-state index contributed by atoms with van der Waals surface area (Å²) in [6.45, 7) is 1.78. The Hall–Kier alpha value is -2.17. The van der Waals surface area contributed by atoms with Crippen molar-refractivity contribution in [2.24, 2.45) is 0 Å². The molecule has 0 radical (unpaired) electrons. The summed E-state index contributed by atoms with van der Waals surface area (Å²) in [4.78, 5) is 12.4. The second-order valence-electron chi connectivity index (χ2n) is 4.88. The molecule has 0 N–H and O–H groups in total. The van der Waals surface area contributed by atoms with Crippen LogP contribution in [0.25, 0.3) is 11.0 Å². The highest BCUT2D eigenvalue weighted by Gasteiger charge is 2.21. The number of hydrogen-bond acceptors (Lipinski definition) is 4. The van der Waals surface area contributed by atoms with E-state index >= 15 is 0 Å². The van der Waals surface area contributed by atoms with Crippen LogP contribution >= 0.6 is 23.2 Å². The van der Waals surface area contributed by atoms with E-state index < -0.39 is 5.97 Å². The molecule has 1 aromatic heterocycles. The van der Waals surface area contributed by atoms with Gasteiger partial charge in [0.25, 0.3) is 0 Å². The number of halogens is 2. The molecule has 0 aliphatic carbocycles. The lowest BCUT2D eigenvalue weighted by Gasteiger charge is -2.05. The number of benzene rings is 2. The molecule has 1 heterocycles. The van der Waals surface area contributed by atoms with E-state index in [1.165, 1.54) is 6.07 Å². The van der Waals surface area contributed by atoms with Crippen LogP contribution in [0.4, 0.5) is 0 Å². The maximum atomic E-state index is 12.4. The van der Waals surface area contributed by atoms with E-state index in [4.69, 9.17) is 37.1 Å². The minimum absolute atomic E-state index is 0.115. The summed E-state index contributed by atoms with van der Waals surface area (Å²) in [6, 6.07) is 9.95. The molecule has 0 aliphatic heterocycles. The number of fused-ring (bicyclic) bond motifs is 1. The summed E-state index contributed by atoms with van der Waals surface area (Å²) >= 11 is 11.9. The second kappa shape index (κ2) is 6.14. The van der Waals surface area contributed by atoms with E-state index in [9.17, 15) is 4.79 Å². The largest absolute Gasteiger partial charge is 0.497 e. The monoisotopic (exact) mass is 350 g/mol. The van der Waals surface area contributed by atoms with Gasteiger partial charge < -0.3 is 13.9 Å². The maximum absolute atomic E-state index is 12.4. The molecule has 4 nitrogen and oxygen atoms in total. The number of methoxy groups -OCH3 is 1. The van der Waals surface area contributed by atoms with Crippen molar-refractivity contribution < 1.29 is 18.7 Å². The molecule has 2 aromatic carbocycles. The number of carbonyl (C=O) groups excluding carboxylic acids is 1. The van der Waals surface area contributed by atoms with E-state index in [0.29, 0.717) is 21.9 Å². The van der Waals surface area contributed by atoms with Crippen LogP contribution in [0.5, 0.6) is 11.5 Å². The van der Waals surface area contributed by atoms with Crippen LogP contribution in [0.1, 0.15) is 16.1 Å². The zero-order valence-corrected chi connectivity index (χ0v) is 13.9. The van der Waals surface area contributed by atoms with E-state index in [1.807, 2.05) is 0 Å². The minimum Gasteiger partial charge on any atom is -0.497 e. The highest BCUT2D eigenvalue weighted by atomic mass is 35.5. The summed E-state index contributed by atoms with van der Waals surface area (Å²) < 4.78 is 16.1. The Labute approximate surface area is 142 Å². The lowest BCUT2D eigenvalue weighted by Crippen LogP contribution is -2.09. The molecule has 0 bridgehead atoms. The van der Waals surface area contributed by atoms with Gasteiger partial charge in [-0.15, -0.1) is 0 Å². The van der Waals surface area contributed by atoms with Crippen molar-refractivity contribution in [2.45, 2.75) is 6.92 Å². The Kier molecular flexibility index (Phi) is 4.20. The number of carbonyl (C=O) groups is 1. The van der Waals surface area contributed by atoms with E-state index in [0.717, 1.165) is 5.39 Å². The number of hydrogen-bond donors (Lipinski definition) is 0. The van der Waals surface area contributed by atoms with Gasteiger partial charge in [-0.2, -0.15) is 0 Å². The fourth-order valence-corrected chi connectivity index (χ4v) is 2.54. The highest BCUT2D eigenvalue weighted by molar-refractivity contribution is 6.34. The average Bonchev–Trinajstić information content (AvgIpc) is 2.87. The summed E-state index contributed by atoms with van der Waals surface area (Å²) in [5.41, 5.74) is 1.24. The SMILES string of the molecule is COc1ccc2oc(C(=O)Oc3cc(Cl)ccc3Cl)c(C)c2c1. The molecule has 118 valence electrons. The third-order valence-corrected chi connectivity index (χ3v) is 3.97. The standard InChI is InChI=1S/C17H12Cl2O4/c1-9-12-8-11(21-2)4-6-14(12)22-16(9)17(20)23-15-7-10(18)3-5-13(15)19/h3-8H,1-2H3. The van der Waals surface area contributed by atoms with Crippen LogP contribution in [0.15, 0.2) is 40.8 Å². The second-order valence-corrected chi connectivity index (χ2v) is 5.73. The lowest BCUT2D eigenvalue weighted by molar-refractivity contribution is 0.0703. The van der Waals surface area contributed by atoms with Crippen LogP contribution in [-0.4, -0.2) is 13.1 Å². The van der Waals surface area contributed by atoms with E-state index in [2.05, 4.69) is 0 Å². The summed E-state index contributed by atoms with van der Waals surface area (Å²) in [5.74, 6) is 0.340. The van der Waals surface area contributed by atoms with E-state index in [-0.39, 0.29) is 16.5 Å². The lowest BCUT2D eigenvalue weighted by atomic mass is 10.1.